The first-order valence-electron chi connectivity index (χ1n) is 11.7. The summed E-state index contributed by atoms with van der Waals surface area (Å²) < 4.78 is 14.1. The number of benzene rings is 1. The smallest absolute Gasteiger partial charge is 0.267 e. The topological polar surface area (TPSA) is 88.8 Å². The maximum atomic E-state index is 14.1. The van der Waals surface area contributed by atoms with Gasteiger partial charge < -0.3 is 20.1 Å². The second-order valence-electron chi connectivity index (χ2n) is 9.62. The summed E-state index contributed by atoms with van der Waals surface area (Å²) in [5.74, 6) is -0.554. The molecule has 1 aromatic carbocycles. The second kappa shape index (κ2) is 8.44. The number of fused-ring (bicyclic) bond motifs is 2. The molecule has 33 heavy (non-hydrogen) atoms. The Kier molecular flexibility index (Phi) is 5.60. The molecule has 5 rings (SSSR count). The van der Waals surface area contributed by atoms with Gasteiger partial charge in [-0.3, -0.25) is 19.3 Å². The zero-order valence-electron chi connectivity index (χ0n) is 19.1. The lowest BCUT2D eigenvalue weighted by Gasteiger charge is -2.48. The van der Waals surface area contributed by atoms with Crippen molar-refractivity contribution in [3.8, 4) is 0 Å². The van der Waals surface area contributed by atoms with E-state index in [1.165, 1.54) is 11.0 Å². The highest BCUT2D eigenvalue weighted by atomic mass is 19.1. The Balaban J connectivity index is 1.24. The minimum absolute atomic E-state index is 0.00120. The molecule has 3 amide bonds. The van der Waals surface area contributed by atoms with Crippen LogP contribution in [0.25, 0.3) is 10.9 Å². The largest absolute Gasteiger partial charge is 0.350 e. The van der Waals surface area contributed by atoms with Gasteiger partial charge in [0.1, 0.15) is 17.6 Å². The third-order valence-corrected chi connectivity index (χ3v) is 7.46. The number of rotatable bonds is 3. The summed E-state index contributed by atoms with van der Waals surface area (Å²) in [6.07, 6.45) is 3.67. The Morgan fingerprint density at radius 3 is 2.82 bits per heavy atom. The van der Waals surface area contributed by atoms with Crippen molar-refractivity contribution < 1.29 is 18.8 Å². The molecule has 8 nitrogen and oxygen atoms in total. The van der Waals surface area contributed by atoms with E-state index in [1.807, 2.05) is 6.92 Å². The molecule has 3 atom stereocenters. The standard InChI is InChI=1S/C24H30FN5O3/c1-14-6-7-18(25)17-11-19(27-22(14)17)23(32)26-15-4-3-5-16(10-15)29-8-9-30-20(12-29)24(33)28(2)13-21(30)31/h6-7,11,15-16,20,27H,3-5,8-10,12-13H2,1-2H3,(H,26,32)/t15-,16+,20-/m1/s1. The summed E-state index contributed by atoms with van der Waals surface area (Å²) in [5, 5.41) is 3.55. The summed E-state index contributed by atoms with van der Waals surface area (Å²) >= 11 is 0. The molecule has 1 aromatic heterocycles. The molecule has 176 valence electrons. The Morgan fingerprint density at radius 1 is 1.21 bits per heavy atom. The number of aromatic amines is 1. The van der Waals surface area contributed by atoms with Crippen LogP contribution in [0.3, 0.4) is 0 Å². The molecular formula is C24H30FN5O3. The molecule has 9 heteroatoms. The van der Waals surface area contributed by atoms with Crippen LogP contribution in [0.2, 0.25) is 0 Å². The first kappa shape index (κ1) is 21.9. The van der Waals surface area contributed by atoms with Crippen molar-refractivity contribution >= 4 is 28.6 Å². The van der Waals surface area contributed by atoms with E-state index in [0.717, 1.165) is 37.8 Å². The number of carbonyl (C=O) groups is 3. The average Bonchev–Trinajstić information content (AvgIpc) is 3.27. The SMILES string of the molecule is Cc1ccc(F)c2cc(C(=O)N[C@@H]3CCC[C@H](N4CCN5C(=O)CN(C)C(=O)[C@H]5C4)C3)[nH]c12. The van der Waals surface area contributed by atoms with Crippen LogP contribution in [0, 0.1) is 12.7 Å². The fraction of sp³-hybridized carbons (Fsp3) is 0.542. The fourth-order valence-corrected chi connectivity index (χ4v) is 5.61. The van der Waals surface area contributed by atoms with Crippen LogP contribution in [0.1, 0.15) is 41.7 Å². The monoisotopic (exact) mass is 455 g/mol. The zero-order valence-corrected chi connectivity index (χ0v) is 19.1. The van der Waals surface area contributed by atoms with E-state index < -0.39 is 6.04 Å². The van der Waals surface area contributed by atoms with E-state index in [1.54, 1.807) is 24.1 Å². The highest BCUT2D eigenvalue weighted by Crippen LogP contribution is 2.28. The van der Waals surface area contributed by atoms with Crippen molar-refractivity contribution in [2.24, 2.45) is 0 Å². The Morgan fingerprint density at radius 2 is 2.03 bits per heavy atom. The third kappa shape index (κ3) is 3.99. The average molecular weight is 456 g/mol. The van der Waals surface area contributed by atoms with E-state index in [0.29, 0.717) is 29.7 Å². The molecule has 0 unspecified atom stereocenters. The number of H-pyrrole nitrogens is 1. The van der Waals surface area contributed by atoms with Gasteiger partial charge in [-0.15, -0.1) is 0 Å². The summed E-state index contributed by atoms with van der Waals surface area (Å²) in [7, 11) is 1.68. The minimum Gasteiger partial charge on any atom is -0.350 e. The van der Waals surface area contributed by atoms with Gasteiger partial charge in [-0.05, 0) is 50.3 Å². The van der Waals surface area contributed by atoms with Crippen LogP contribution < -0.4 is 5.32 Å². The van der Waals surface area contributed by atoms with Crippen molar-refractivity contribution in [1.29, 1.82) is 0 Å². The molecular weight excluding hydrogens is 425 g/mol. The van der Waals surface area contributed by atoms with Gasteiger partial charge in [0.15, 0.2) is 0 Å². The maximum absolute atomic E-state index is 14.1. The molecule has 3 aliphatic rings. The number of amides is 3. The molecule has 0 bridgehead atoms. The number of aromatic nitrogens is 1. The van der Waals surface area contributed by atoms with E-state index in [9.17, 15) is 18.8 Å². The van der Waals surface area contributed by atoms with Crippen LogP contribution in [0.15, 0.2) is 18.2 Å². The molecule has 3 heterocycles. The number of aryl methyl sites for hydroxylation is 1. The van der Waals surface area contributed by atoms with Crippen molar-refractivity contribution in [1.82, 2.24) is 25.0 Å². The van der Waals surface area contributed by atoms with Crippen LogP contribution in [0.5, 0.6) is 0 Å². The summed E-state index contributed by atoms with van der Waals surface area (Å²) in [6.45, 7) is 3.89. The molecule has 0 spiro atoms. The highest BCUT2D eigenvalue weighted by Gasteiger charge is 2.43. The van der Waals surface area contributed by atoms with E-state index in [2.05, 4.69) is 15.2 Å². The fourth-order valence-electron chi connectivity index (χ4n) is 5.61. The van der Waals surface area contributed by atoms with Gasteiger partial charge in [-0.1, -0.05) is 6.07 Å². The Hall–Kier alpha value is -2.94. The number of nitrogens with zero attached hydrogens (tertiary/aromatic N) is 3. The van der Waals surface area contributed by atoms with Crippen molar-refractivity contribution in [3.05, 3.63) is 35.3 Å². The van der Waals surface area contributed by atoms with Crippen LogP contribution in [-0.4, -0.2) is 88.8 Å². The zero-order chi connectivity index (χ0) is 23.3. The summed E-state index contributed by atoms with van der Waals surface area (Å²) in [4.78, 5) is 46.5. The lowest BCUT2D eigenvalue weighted by atomic mass is 9.88. The van der Waals surface area contributed by atoms with Crippen LogP contribution >= 0.6 is 0 Å². The molecule has 2 N–H and O–H groups in total. The molecule has 2 saturated heterocycles. The predicted molar refractivity (Wildman–Crippen MR) is 121 cm³/mol. The molecule has 1 aliphatic carbocycles. The van der Waals surface area contributed by atoms with Gasteiger partial charge in [0, 0.05) is 44.2 Å². The van der Waals surface area contributed by atoms with Gasteiger partial charge in [0.25, 0.3) is 5.91 Å². The number of halogens is 1. The van der Waals surface area contributed by atoms with Gasteiger partial charge in [-0.2, -0.15) is 0 Å². The van der Waals surface area contributed by atoms with Crippen molar-refractivity contribution in [2.75, 3.05) is 33.2 Å². The van der Waals surface area contributed by atoms with Crippen molar-refractivity contribution in [3.63, 3.8) is 0 Å². The molecule has 1 saturated carbocycles. The quantitative estimate of drug-likeness (QED) is 0.737. The first-order valence-corrected chi connectivity index (χ1v) is 11.7. The highest BCUT2D eigenvalue weighted by molar-refractivity contribution is 5.99. The van der Waals surface area contributed by atoms with E-state index >= 15 is 0 Å². The third-order valence-electron chi connectivity index (χ3n) is 7.46. The number of hydrogen-bond donors (Lipinski definition) is 2. The second-order valence-corrected chi connectivity index (χ2v) is 9.62. The number of piperazine rings is 2. The number of nitrogens with one attached hydrogen (secondary N) is 2. The van der Waals surface area contributed by atoms with E-state index in [-0.39, 0.29) is 42.2 Å². The Bertz CT molecular complexity index is 1080. The van der Waals surface area contributed by atoms with E-state index in [4.69, 9.17) is 0 Å². The number of hydrogen-bond acceptors (Lipinski definition) is 4. The van der Waals surface area contributed by atoms with Crippen LogP contribution in [0.4, 0.5) is 4.39 Å². The molecule has 2 aromatic rings. The first-order chi connectivity index (χ1) is 15.8. The Labute approximate surface area is 192 Å². The number of carbonyl (C=O) groups excluding carboxylic acids is 3. The molecule has 2 aliphatic heterocycles. The summed E-state index contributed by atoms with van der Waals surface area (Å²) in [6, 6.07) is 4.55. The van der Waals surface area contributed by atoms with Crippen LogP contribution in [-0.2, 0) is 9.59 Å². The predicted octanol–water partition coefficient (Wildman–Crippen LogP) is 1.64. The molecule has 3 fully saturated rings. The maximum Gasteiger partial charge on any atom is 0.267 e. The number of likely N-dealkylation sites (N-methyl/N-ethyl adjacent to an activating group) is 1. The minimum atomic E-state index is -0.413. The molecule has 0 radical (unpaired) electrons. The van der Waals surface area contributed by atoms with Gasteiger partial charge in [0.2, 0.25) is 11.8 Å². The lowest BCUT2D eigenvalue weighted by Crippen LogP contribution is -2.67. The normalized spacial score (nSPS) is 26.6. The summed E-state index contributed by atoms with van der Waals surface area (Å²) in [5.41, 5.74) is 1.91. The van der Waals surface area contributed by atoms with Crippen molar-refractivity contribution in [2.45, 2.75) is 50.7 Å². The van der Waals surface area contributed by atoms with Gasteiger partial charge >= 0.3 is 0 Å². The lowest BCUT2D eigenvalue weighted by molar-refractivity contribution is -0.159. The van der Waals surface area contributed by atoms with Gasteiger partial charge in [-0.25, -0.2) is 4.39 Å². The van der Waals surface area contributed by atoms with Gasteiger partial charge in [0.05, 0.1) is 12.1 Å².